The smallest absolute Gasteiger partial charge is 0.252 e. The summed E-state index contributed by atoms with van der Waals surface area (Å²) < 4.78 is 0. The molecule has 2 heterocycles. The van der Waals surface area contributed by atoms with E-state index < -0.39 is 0 Å². The van der Waals surface area contributed by atoms with Gasteiger partial charge in [0.2, 0.25) is 0 Å². The number of nitrogens with zero attached hydrogens (tertiary/aromatic N) is 2. The molecule has 0 saturated heterocycles. The average Bonchev–Trinajstić information content (AvgIpc) is 3.29. The summed E-state index contributed by atoms with van der Waals surface area (Å²) in [5.74, 6) is 0.562. The van der Waals surface area contributed by atoms with Crippen LogP contribution in [-0.4, -0.2) is 6.71 Å². The van der Waals surface area contributed by atoms with E-state index in [9.17, 15) is 0 Å². The molecule has 3 heteroatoms. The molecule has 0 amide bonds. The first kappa shape index (κ1) is 32.6. The van der Waals surface area contributed by atoms with Crippen molar-refractivity contribution in [3.05, 3.63) is 188 Å². The van der Waals surface area contributed by atoms with Crippen LogP contribution in [0.2, 0.25) is 0 Å². The first-order valence-corrected chi connectivity index (χ1v) is 20.7. The molecule has 0 bridgehead atoms. The van der Waals surface area contributed by atoms with Crippen LogP contribution in [0.1, 0.15) is 43.6 Å². The van der Waals surface area contributed by atoms with Gasteiger partial charge in [0, 0.05) is 34.1 Å². The molecule has 0 spiro atoms. The van der Waals surface area contributed by atoms with E-state index in [4.69, 9.17) is 0 Å². The van der Waals surface area contributed by atoms with Crippen LogP contribution in [-0.2, 0) is 0 Å². The molecule has 2 nitrogen and oxygen atoms in total. The van der Waals surface area contributed by atoms with Gasteiger partial charge in [-0.15, -0.1) is 0 Å². The minimum absolute atomic E-state index is 0.0639. The summed E-state index contributed by atoms with van der Waals surface area (Å²) in [6.45, 7) is 0.0639. The molecule has 0 radical (unpaired) electrons. The largest absolute Gasteiger partial charge is 0.311 e. The van der Waals surface area contributed by atoms with Gasteiger partial charge in [0.05, 0.1) is 0 Å². The van der Waals surface area contributed by atoms with Crippen molar-refractivity contribution in [1.82, 2.24) is 0 Å². The summed E-state index contributed by atoms with van der Waals surface area (Å²) in [4.78, 5) is 5.13. The van der Waals surface area contributed by atoms with Crippen molar-refractivity contribution in [2.75, 3.05) is 9.80 Å². The molecule has 57 heavy (non-hydrogen) atoms. The minimum Gasteiger partial charge on any atom is -0.311 e. The summed E-state index contributed by atoms with van der Waals surface area (Å²) in [5.41, 5.74) is 15.6. The molecular formula is C54H41BN2. The second kappa shape index (κ2) is 13.0. The Labute approximate surface area is 334 Å². The van der Waals surface area contributed by atoms with Crippen LogP contribution >= 0.6 is 0 Å². The second-order valence-corrected chi connectivity index (χ2v) is 16.3. The van der Waals surface area contributed by atoms with Gasteiger partial charge >= 0.3 is 0 Å². The predicted octanol–water partition coefficient (Wildman–Crippen LogP) is 12.9. The summed E-state index contributed by atoms with van der Waals surface area (Å²) in [5, 5.41) is 7.75. The number of rotatable bonds is 4. The van der Waals surface area contributed by atoms with Crippen molar-refractivity contribution >= 4 is 89.5 Å². The van der Waals surface area contributed by atoms with E-state index in [2.05, 4.69) is 192 Å². The molecule has 1 aliphatic carbocycles. The quantitative estimate of drug-likeness (QED) is 0.132. The van der Waals surface area contributed by atoms with Crippen LogP contribution in [0.3, 0.4) is 0 Å². The van der Waals surface area contributed by atoms with E-state index in [1.165, 1.54) is 132 Å². The summed E-state index contributed by atoms with van der Waals surface area (Å²) in [6.07, 6.45) is 6.46. The van der Waals surface area contributed by atoms with Crippen LogP contribution < -0.4 is 26.2 Å². The van der Waals surface area contributed by atoms with Crippen LogP contribution in [0.25, 0.3) is 43.4 Å². The van der Waals surface area contributed by atoms with Gasteiger partial charge in [0.15, 0.2) is 0 Å². The molecule has 270 valence electrons. The average molecular weight is 729 g/mol. The lowest BCUT2D eigenvalue weighted by Crippen LogP contribution is -2.61. The van der Waals surface area contributed by atoms with Crippen LogP contribution in [0.4, 0.5) is 34.1 Å². The van der Waals surface area contributed by atoms with Crippen molar-refractivity contribution in [2.24, 2.45) is 0 Å². The SMILES string of the molecule is c1ccc(N2c3ccccc3B3c4cc(-c5cc6c7ccccc7ccc6c6ccccc56)ccc4N(c4ccccc4)c4cc(C5CCCCC5)cc2c43)cc1. The molecule has 0 aromatic heterocycles. The number of benzene rings is 9. The topological polar surface area (TPSA) is 6.48 Å². The van der Waals surface area contributed by atoms with E-state index >= 15 is 0 Å². The lowest BCUT2D eigenvalue weighted by molar-refractivity contribution is 0.444. The van der Waals surface area contributed by atoms with Gasteiger partial charge in [0.1, 0.15) is 0 Å². The number of fused-ring (bicyclic) bond motifs is 9. The Balaban J connectivity index is 1.16. The highest BCUT2D eigenvalue weighted by atomic mass is 15.2. The Morgan fingerprint density at radius 3 is 1.74 bits per heavy atom. The van der Waals surface area contributed by atoms with Crippen molar-refractivity contribution in [3.63, 3.8) is 0 Å². The second-order valence-electron chi connectivity index (χ2n) is 16.3. The molecule has 0 atom stereocenters. The Hall–Kier alpha value is -6.58. The zero-order chi connectivity index (χ0) is 37.5. The fraction of sp³-hybridized carbons (Fsp3) is 0.111. The maximum absolute atomic E-state index is 2.57. The van der Waals surface area contributed by atoms with Gasteiger partial charge in [-0.3, -0.25) is 0 Å². The maximum Gasteiger partial charge on any atom is 0.252 e. The summed E-state index contributed by atoms with van der Waals surface area (Å²) in [7, 11) is 0. The molecule has 2 aliphatic heterocycles. The molecule has 12 rings (SSSR count). The van der Waals surface area contributed by atoms with Crippen molar-refractivity contribution in [1.29, 1.82) is 0 Å². The van der Waals surface area contributed by atoms with Crippen molar-refractivity contribution in [2.45, 2.75) is 38.0 Å². The van der Waals surface area contributed by atoms with Crippen LogP contribution in [0.15, 0.2) is 182 Å². The van der Waals surface area contributed by atoms with Crippen LogP contribution in [0, 0.1) is 0 Å². The normalized spacial score (nSPS) is 14.8. The van der Waals surface area contributed by atoms with Gasteiger partial charge in [-0.25, -0.2) is 0 Å². The molecular weight excluding hydrogens is 687 g/mol. The van der Waals surface area contributed by atoms with Crippen molar-refractivity contribution < 1.29 is 0 Å². The van der Waals surface area contributed by atoms with Gasteiger partial charge in [-0.2, -0.15) is 0 Å². The minimum atomic E-state index is 0.0639. The molecule has 9 aromatic carbocycles. The maximum atomic E-state index is 2.57. The van der Waals surface area contributed by atoms with Gasteiger partial charge in [0.25, 0.3) is 6.71 Å². The highest BCUT2D eigenvalue weighted by Gasteiger charge is 2.44. The lowest BCUT2D eigenvalue weighted by Gasteiger charge is -2.45. The third-order valence-electron chi connectivity index (χ3n) is 13.2. The highest BCUT2D eigenvalue weighted by Crippen LogP contribution is 2.47. The van der Waals surface area contributed by atoms with Crippen LogP contribution in [0.5, 0.6) is 0 Å². The first-order valence-electron chi connectivity index (χ1n) is 20.7. The zero-order valence-corrected chi connectivity index (χ0v) is 31.9. The van der Waals surface area contributed by atoms with Gasteiger partial charge in [-0.1, -0.05) is 147 Å². The Bertz CT molecular complexity index is 3000. The summed E-state index contributed by atoms with van der Waals surface area (Å²) in [6, 6.07) is 68.6. The van der Waals surface area contributed by atoms with Crippen molar-refractivity contribution in [3.8, 4) is 11.1 Å². The first-order chi connectivity index (χ1) is 28.3. The molecule has 1 fully saturated rings. The standard InChI is InChI=1S/C54H41BN2/c1-4-16-36(17-5-1)39-33-52-54-53(34-39)57(41-21-8-3-9-22-41)51-31-29-38(32-49(51)55(54)48-26-14-15-27-50(48)56(52)40-19-6-2-7-20-40)46-35-47-42-23-11-10-18-37(42)28-30-45(47)43-24-12-13-25-44(43)46/h2-3,6-15,18-36H,1,4-5,16-17H2. The van der Waals surface area contributed by atoms with Gasteiger partial charge < -0.3 is 9.80 Å². The molecule has 3 aliphatic rings. The fourth-order valence-electron chi connectivity index (χ4n) is 10.6. The van der Waals surface area contributed by atoms with E-state index in [-0.39, 0.29) is 6.71 Å². The van der Waals surface area contributed by atoms with E-state index in [1.54, 1.807) is 0 Å². The van der Waals surface area contributed by atoms with E-state index in [0.29, 0.717) is 5.92 Å². The Morgan fingerprint density at radius 1 is 0.404 bits per heavy atom. The zero-order valence-electron chi connectivity index (χ0n) is 31.9. The summed E-state index contributed by atoms with van der Waals surface area (Å²) >= 11 is 0. The molecule has 0 unspecified atom stereocenters. The number of hydrogen-bond donors (Lipinski definition) is 0. The third-order valence-corrected chi connectivity index (χ3v) is 13.2. The molecule has 1 saturated carbocycles. The Kier molecular flexibility index (Phi) is 7.45. The highest BCUT2D eigenvalue weighted by molar-refractivity contribution is 7.00. The number of hydrogen-bond acceptors (Lipinski definition) is 2. The van der Waals surface area contributed by atoms with E-state index in [1.807, 2.05) is 0 Å². The fourth-order valence-corrected chi connectivity index (χ4v) is 10.6. The molecule has 9 aromatic rings. The lowest BCUT2D eigenvalue weighted by atomic mass is 9.33. The number of para-hydroxylation sites is 3. The third kappa shape index (κ3) is 5.05. The molecule has 0 N–H and O–H groups in total. The van der Waals surface area contributed by atoms with E-state index in [0.717, 1.165) is 0 Å². The Morgan fingerprint density at radius 2 is 1.00 bits per heavy atom. The number of anilines is 6. The van der Waals surface area contributed by atoms with Gasteiger partial charge in [-0.05, 0) is 139 Å². The monoisotopic (exact) mass is 728 g/mol. The predicted molar refractivity (Wildman–Crippen MR) is 244 cm³/mol.